The minimum absolute atomic E-state index is 0.381. The Morgan fingerprint density at radius 1 is 0.923 bits per heavy atom. The molecule has 0 atom stereocenters. The Kier molecular flexibility index (Phi) is 1.10. The Morgan fingerprint density at radius 2 is 1.77 bits per heavy atom. The van der Waals surface area contributed by atoms with Crippen molar-refractivity contribution < 1.29 is 5.11 Å². The molecule has 0 bridgehead atoms. The van der Waals surface area contributed by atoms with Gasteiger partial charge in [-0.1, -0.05) is 36.4 Å². The molecule has 0 heterocycles. The Hall–Kier alpha value is -1.76. The molecule has 0 aromatic heterocycles. The fourth-order valence-electron chi connectivity index (χ4n) is 1.90. The molecule has 0 radical (unpaired) electrons. The quantitative estimate of drug-likeness (QED) is 0.617. The summed E-state index contributed by atoms with van der Waals surface area (Å²) in [4.78, 5) is 0. The van der Waals surface area contributed by atoms with Gasteiger partial charge in [0.1, 0.15) is 5.76 Å². The first kappa shape index (κ1) is 6.72. The van der Waals surface area contributed by atoms with Crippen LogP contribution < -0.4 is 10.4 Å². The van der Waals surface area contributed by atoms with Gasteiger partial charge in [0.15, 0.2) is 0 Å². The number of hydrogen-bond acceptors (Lipinski definition) is 1. The molecular weight excluding hydrogens is 160 g/mol. The highest BCUT2D eigenvalue weighted by Crippen LogP contribution is 2.17. The normalized spacial score (nSPS) is 15.8. The topological polar surface area (TPSA) is 20.2 Å². The van der Waals surface area contributed by atoms with Crippen LogP contribution in [-0.4, -0.2) is 5.11 Å². The van der Waals surface area contributed by atoms with Gasteiger partial charge >= 0.3 is 0 Å². The number of rotatable bonds is 0. The molecule has 1 nitrogen and oxygen atoms in total. The molecule has 0 spiro atoms. The number of fused-ring (bicyclic) bond motifs is 3. The molecule has 1 aromatic rings. The Bertz CT molecular complexity index is 560. The predicted octanol–water partition coefficient (Wildman–Crippen LogP) is 1.19. The van der Waals surface area contributed by atoms with Crippen molar-refractivity contribution in [2.45, 2.75) is 0 Å². The summed E-state index contributed by atoms with van der Waals surface area (Å²) in [5.74, 6) is 0.381. The van der Waals surface area contributed by atoms with Gasteiger partial charge in [0.05, 0.1) is 0 Å². The van der Waals surface area contributed by atoms with E-state index < -0.39 is 0 Å². The Labute approximate surface area is 75.6 Å². The molecule has 0 fully saturated rings. The average Bonchev–Trinajstić information content (AvgIpc) is 2.70. The van der Waals surface area contributed by atoms with E-state index >= 15 is 0 Å². The van der Waals surface area contributed by atoms with Crippen molar-refractivity contribution in [3.63, 3.8) is 0 Å². The zero-order valence-electron chi connectivity index (χ0n) is 6.99. The van der Waals surface area contributed by atoms with E-state index in [0.717, 1.165) is 16.3 Å². The van der Waals surface area contributed by atoms with Crippen molar-refractivity contribution >= 4 is 24.0 Å². The zero-order chi connectivity index (χ0) is 8.84. The summed E-state index contributed by atoms with van der Waals surface area (Å²) in [5.41, 5.74) is 2.11. The van der Waals surface area contributed by atoms with Gasteiger partial charge < -0.3 is 5.11 Å². The minimum atomic E-state index is 0.381. The number of allylic oxidation sites excluding steroid dienone is 2. The van der Waals surface area contributed by atoms with Gasteiger partial charge in [0, 0.05) is 5.56 Å². The fourth-order valence-corrected chi connectivity index (χ4v) is 1.90. The molecule has 0 saturated heterocycles. The molecule has 2 aliphatic carbocycles. The maximum absolute atomic E-state index is 9.63. The molecular formula is C12H8O. The zero-order valence-corrected chi connectivity index (χ0v) is 6.99. The van der Waals surface area contributed by atoms with E-state index in [1.54, 1.807) is 6.08 Å². The van der Waals surface area contributed by atoms with Crippen molar-refractivity contribution in [1.29, 1.82) is 0 Å². The second kappa shape index (κ2) is 2.13. The summed E-state index contributed by atoms with van der Waals surface area (Å²) in [6.45, 7) is 0. The van der Waals surface area contributed by atoms with E-state index in [9.17, 15) is 5.11 Å². The standard InChI is InChI=1S/C12H8O/c13-11-7-6-9-5-4-8-2-1-3-10(8)12(9)11/h1-7,13H. The van der Waals surface area contributed by atoms with Gasteiger partial charge in [-0.25, -0.2) is 0 Å². The van der Waals surface area contributed by atoms with Crippen LogP contribution in [0.15, 0.2) is 24.3 Å². The molecule has 0 unspecified atom stereocenters. The van der Waals surface area contributed by atoms with Crippen molar-refractivity contribution in [3.05, 3.63) is 45.8 Å². The van der Waals surface area contributed by atoms with E-state index in [0.29, 0.717) is 5.76 Å². The van der Waals surface area contributed by atoms with Crippen LogP contribution in [0.3, 0.4) is 0 Å². The molecule has 0 amide bonds. The molecule has 0 saturated carbocycles. The lowest BCUT2D eigenvalue weighted by molar-refractivity contribution is 0.513. The van der Waals surface area contributed by atoms with Crippen LogP contribution in [0.2, 0.25) is 0 Å². The van der Waals surface area contributed by atoms with E-state index in [2.05, 4.69) is 12.1 Å². The van der Waals surface area contributed by atoms with Gasteiger partial charge in [-0.05, 0) is 22.1 Å². The first-order valence-electron chi connectivity index (χ1n) is 4.29. The number of hydrogen-bond donors (Lipinski definition) is 1. The lowest BCUT2D eigenvalue weighted by Gasteiger charge is -2.01. The third-order valence-electron chi connectivity index (χ3n) is 2.53. The SMILES string of the molecule is OC1=CC=c2ccc3c(c21)C=CC=3. The maximum Gasteiger partial charge on any atom is 0.124 e. The summed E-state index contributed by atoms with van der Waals surface area (Å²) in [6.07, 6.45) is 9.80. The molecule has 13 heavy (non-hydrogen) atoms. The molecule has 1 heteroatoms. The van der Waals surface area contributed by atoms with E-state index in [-0.39, 0.29) is 0 Å². The summed E-state index contributed by atoms with van der Waals surface area (Å²) < 4.78 is 0. The van der Waals surface area contributed by atoms with Crippen LogP contribution in [-0.2, 0) is 0 Å². The lowest BCUT2D eigenvalue weighted by atomic mass is 10.1. The Balaban J connectivity index is 2.53. The monoisotopic (exact) mass is 168 g/mol. The number of benzene rings is 1. The van der Waals surface area contributed by atoms with Crippen LogP contribution in [0.25, 0.3) is 24.0 Å². The van der Waals surface area contributed by atoms with Crippen LogP contribution in [0.1, 0.15) is 11.1 Å². The lowest BCUT2D eigenvalue weighted by Crippen LogP contribution is -2.15. The second-order valence-electron chi connectivity index (χ2n) is 3.28. The maximum atomic E-state index is 9.63. The van der Waals surface area contributed by atoms with Gasteiger partial charge in [-0.15, -0.1) is 0 Å². The minimum Gasteiger partial charge on any atom is -0.507 e. The molecule has 3 rings (SSSR count). The Morgan fingerprint density at radius 3 is 2.69 bits per heavy atom. The van der Waals surface area contributed by atoms with Crippen LogP contribution >= 0.6 is 0 Å². The highest BCUT2D eigenvalue weighted by molar-refractivity contribution is 5.82. The van der Waals surface area contributed by atoms with E-state index in [1.165, 1.54) is 5.22 Å². The predicted molar refractivity (Wildman–Crippen MR) is 54.3 cm³/mol. The number of aliphatic hydroxyl groups excluding tert-OH is 1. The summed E-state index contributed by atoms with van der Waals surface area (Å²) >= 11 is 0. The van der Waals surface area contributed by atoms with E-state index in [4.69, 9.17) is 0 Å². The van der Waals surface area contributed by atoms with Crippen LogP contribution in [0.4, 0.5) is 0 Å². The molecule has 1 N–H and O–H groups in total. The van der Waals surface area contributed by atoms with Crippen molar-refractivity contribution in [2.75, 3.05) is 0 Å². The van der Waals surface area contributed by atoms with Gasteiger partial charge in [0.25, 0.3) is 0 Å². The first-order chi connectivity index (χ1) is 6.36. The largest absolute Gasteiger partial charge is 0.507 e. The summed E-state index contributed by atoms with van der Waals surface area (Å²) in [5, 5.41) is 11.9. The van der Waals surface area contributed by atoms with Crippen LogP contribution in [0, 0.1) is 0 Å². The summed E-state index contributed by atoms with van der Waals surface area (Å²) in [6, 6.07) is 4.12. The van der Waals surface area contributed by atoms with Crippen LogP contribution in [0.5, 0.6) is 0 Å². The third-order valence-corrected chi connectivity index (χ3v) is 2.53. The third kappa shape index (κ3) is 0.760. The molecule has 1 aromatic carbocycles. The average molecular weight is 168 g/mol. The molecule has 62 valence electrons. The summed E-state index contributed by atoms with van der Waals surface area (Å²) in [7, 11) is 0. The van der Waals surface area contributed by atoms with Crippen molar-refractivity contribution in [3.8, 4) is 0 Å². The second-order valence-corrected chi connectivity index (χ2v) is 3.28. The number of aliphatic hydroxyl groups is 1. The molecule has 0 aliphatic heterocycles. The smallest absolute Gasteiger partial charge is 0.124 e. The highest BCUT2D eigenvalue weighted by atomic mass is 16.3. The first-order valence-corrected chi connectivity index (χ1v) is 4.29. The van der Waals surface area contributed by atoms with Gasteiger partial charge in [0.2, 0.25) is 0 Å². The van der Waals surface area contributed by atoms with Gasteiger partial charge in [-0.2, -0.15) is 0 Å². The fraction of sp³-hybridized carbons (Fsp3) is 0. The van der Waals surface area contributed by atoms with Gasteiger partial charge in [-0.3, -0.25) is 0 Å². The molecule has 2 aliphatic rings. The van der Waals surface area contributed by atoms with Crippen molar-refractivity contribution in [1.82, 2.24) is 0 Å². The van der Waals surface area contributed by atoms with E-state index in [1.807, 2.05) is 24.3 Å². The highest BCUT2D eigenvalue weighted by Gasteiger charge is 2.12. The van der Waals surface area contributed by atoms with Crippen molar-refractivity contribution in [2.24, 2.45) is 0 Å².